The van der Waals surface area contributed by atoms with Gasteiger partial charge in [-0.15, -0.1) is 0 Å². The fraction of sp³-hybridized carbons (Fsp3) is 0.857. The quantitative estimate of drug-likeness (QED) is 0.698. The van der Waals surface area contributed by atoms with E-state index in [2.05, 4.69) is 10.2 Å². The van der Waals surface area contributed by atoms with Crippen LogP contribution in [0.1, 0.15) is 20.8 Å². The van der Waals surface area contributed by atoms with Gasteiger partial charge in [-0.2, -0.15) is 0 Å². The van der Waals surface area contributed by atoms with Crippen molar-refractivity contribution >= 4 is 12.3 Å². The fourth-order valence-electron chi connectivity index (χ4n) is 2.44. The van der Waals surface area contributed by atoms with Crippen molar-refractivity contribution in [3.63, 3.8) is 0 Å². The highest BCUT2D eigenvalue weighted by atomic mass is 16.2. The minimum atomic E-state index is -0.461. The van der Waals surface area contributed by atoms with Crippen LogP contribution < -0.4 is 5.32 Å². The Balaban J connectivity index is 2.79. The lowest BCUT2D eigenvalue weighted by Crippen LogP contribution is -2.66. The SMILES string of the molecule is CC(C(=O)NC(C)(C)C1CN(C)CCN1C=O)N(C)C. The molecule has 0 saturated carbocycles. The average molecular weight is 284 g/mol. The van der Waals surface area contributed by atoms with Crippen molar-refractivity contribution in [3.8, 4) is 0 Å². The van der Waals surface area contributed by atoms with Crippen LogP contribution >= 0.6 is 0 Å². The standard InChI is InChI=1S/C14H28N4O2/c1-11(16(4)5)13(20)15-14(2,3)12-9-17(6)7-8-18(12)10-19/h10-12H,7-9H2,1-6H3,(H,15,20). The molecule has 116 valence electrons. The smallest absolute Gasteiger partial charge is 0.237 e. The Kier molecular flexibility index (Phi) is 5.53. The van der Waals surface area contributed by atoms with E-state index < -0.39 is 5.54 Å². The zero-order chi connectivity index (χ0) is 15.5. The summed E-state index contributed by atoms with van der Waals surface area (Å²) >= 11 is 0. The van der Waals surface area contributed by atoms with Crippen LogP contribution in [0, 0.1) is 0 Å². The molecule has 0 aliphatic carbocycles. The first-order valence-corrected chi connectivity index (χ1v) is 7.07. The Morgan fingerprint density at radius 3 is 2.50 bits per heavy atom. The summed E-state index contributed by atoms with van der Waals surface area (Å²) in [4.78, 5) is 29.3. The molecule has 0 radical (unpaired) electrons. The maximum atomic E-state index is 12.2. The summed E-state index contributed by atoms with van der Waals surface area (Å²) in [6.45, 7) is 8.17. The van der Waals surface area contributed by atoms with E-state index in [1.807, 2.05) is 46.8 Å². The van der Waals surface area contributed by atoms with E-state index in [0.29, 0.717) is 6.54 Å². The second-order valence-electron chi connectivity index (χ2n) is 6.47. The minimum Gasteiger partial charge on any atom is -0.348 e. The maximum Gasteiger partial charge on any atom is 0.237 e. The van der Waals surface area contributed by atoms with Crippen molar-refractivity contribution < 1.29 is 9.59 Å². The van der Waals surface area contributed by atoms with E-state index in [1.54, 1.807) is 4.90 Å². The number of carbonyl (C=O) groups is 2. The number of hydrogen-bond acceptors (Lipinski definition) is 4. The molecule has 1 aliphatic rings. The predicted octanol–water partition coefficient (Wildman–Crippen LogP) is -0.396. The summed E-state index contributed by atoms with van der Waals surface area (Å²) in [5.74, 6) is -0.0147. The van der Waals surface area contributed by atoms with E-state index >= 15 is 0 Å². The first-order valence-electron chi connectivity index (χ1n) is 7.07. The number of carbonyl (C=O) groups excluding carboxylic acids is 2. The van der Waals surface area contributed by atoms with Crippen LogP contribution in [-0.2, 0) is 9.59 Å². The molecule has 2 amide bonds. The third-order valence-corrected chi connectivity index (χ3v) is 4.19. The zero-order valence-electron chi connectivity index (χ0n) is 13.5. The highest BCUT2D eigenvalue weighted by molar-refractivity contribution is 5.82. The van der Waals surface area contributed by atoms with Crippen LogP contribution in [0.2, 0.25) is 0 Å². The lowest BCUT2D eigenvalue weighted by molar-refractivity contribution is -0.131. The van der Waals surface area contributed by atoms with Crippen molar-refractivity contribution in [1.29, 1.82) is 0 Å². The molecule has 0 spiro atoms. The number of hydrogen-bond donors (Lipinski definition) is 1. The second kappa shape index (κ2) is 6.54. The van der Waals surface area contributed by atoms with Gasteiger partial charge in [0.25, 0.3) is 0 Å². The lowest BCUT2D eigenvalue weighted by atomic mass is 9.91. The molecule has 2 unspecified atom stereocenters. The average Bonchev–Trinajstić information content (AvgIpc) is 2.37. The molecule has 0 aromatic carbocycles. The van der Waals surface area contributed by atoms with Crippen molar-refractivity contribution in [3.05, 3.63) is 0 Å². The van der Waals surface area contributed by atoms with Gasteiger partial charge in [0, 0.05) is 19.6 Å². The van der Waals surface area contributed by atoms with Crippen molar-refractivity contribution in [2.45, 2.75) is 38.4 Å². The number of nitrogens with zero attached hydrogens (tertiary/aromatic N) is 3. The van der Waals surface area contributed by atoms with Crippen LogP contribution in [-0.4, -0.2) is 85.4 Å². The summed E-state index contributed by atoms with van der Waals surface area (Å²) in [5, 5.41) is 3.08. The van der Waals surface area contributed by atoms with Crippen LogP contribution in [0.15, 0.2) is 0 Å². The van der Waals surface area contributed by atoms with Gasteiger partial charge < -0.3 is 15.1 Å². The van der Waals surface area contributed by atoms with Gasteiger partial charge >= 0.3 is 0 Å². The van der Waals surface area contributed by atoms with Crippen LogP contribution in [0.5, 0.6) is 0 Å². The third-order valence-electron chi connectivity index (χ3n) is 4.19. The van der Waals surface area contributed by atoms with Crippen molar-refractivity contribution in [2.75, 3.05) is 40.8 Å². The molecule has 0 bridgehead atoms. The molecule has 20 heavy (non-hydrogen) atoms. The minimum absolute atomic E-state index is 0.0147. The van der Waals surface area contributed by atoms with E-state index in [0.717, 1.165) is 19.5 Å². The molecule has 6 heteroatoms. The van der Waals surface area contributed by atoms with Crippen LogP contribution in [0.4, 0.5) is 0 Å². The molecule has 2 atom stereocenters. The summed E-state index contributed by atoms with van der Waals surface area (Å²) in [7, 11) is 5.79. The molecule has 6 nitrogen and oxygen atoms in total. The number of amides is 2. The monoisotopic (exact) mass is 284 g/mol. The van der Waals surface area contributed by atoms with Gasteiger partial charge in [-0.05, 0) is 41.9 Å². The summed E-state index contributed by atoms with van der Waals surface area (Å²) in [6, 6.07) is -0.211. The Labute approximate surface area is 122 Å². The molecule has 1 N–H and O–H groups in total. The topological polar surface area (TPSA) is 55.9 Å². The molecule has 1 heterocycles. The number of nitrogens with one attached hydrogen (secondary N) is 1. The summed E-state index contributed by atoms with van der Waals surface area (Å²) in [6.07, 6.45) is 0.890. The first kappa shape index (κ1) is 16.9. The van der Waals surface area contributed by atoms with E-state index in [4.69, 9.17) is 0 Å². The largest absolute Gasteiger partial charge is 0.348 e. The van der Waals surface area contributed by atoms with Crippen molar-refractivity contribution in [1.82, 2.24) is 20.0 Å². The Morgan fingerprint density at radius 1 is 1.40 bits per heavy atom. The normalized spacial score (nSPS) is 22.8. The van der Waals surface area contributed by atoms with Crippen LogP contribution in [0.25, 0.3) is 0 Å². The lowest BCUT2D eigenvalue weighted by Gasteiger charge is -2.46. The second-order valence-corrected chi connectivity index (χ2v) is 6.47. The molecule has 0 aromatic heterocycles. The summed E-state index contributed by atoms with van der Waals surface area (Å²) in [5.41, 5.74) is -0.461. The van der Waals surface area contributed by atoms with Crippen LogP contribution in [0.3, 0.4) is 0 Å². The number of piperazine rings is 1. The molecule has 0 aromatic rings. The highest BCUT2D eigenvalue weighted by Crippen LogP contribution is 2.19. The Hall–Kier alpha value is -1.14. The number of rotatable bonds is 5. The van der Waals surface area contributed by atoms with E-state index in [-0.39, 0.29) is 18.0 Å². The molecule has 1 fully saturated rings. The van der Waals surface area contributed by atoms with Gasteiger partial charge in [0.05, 0.1) is 17.6 Å². The predicted molar refractivity (Wildman–Crippen MR) is 79.4 cm³/mol. The number of likely N-dealkylation sites (N-methyl/N-ethyl adjacent to an activating group) is 2. The Morgan fingerprint density at radius 2 is 2.00 bits per heavy atom. The summed E-state index contributed by atoms with van der Waals surface area (Å²) < 4.78 is 0. The zero-order valence-corrected chi connectivity index (χ0v) is 13.5. The van der Waals surface area contributed by atoms with Gasteiger partial charge in [-0.25, -0.2) is 0 Å². The highest BCUT2D eigenvalue weighted by Gasteiger charge is 2.38. The molecule has 1 aliphatic heterocycles. The molecule has 1 rings (SSSR count). The molecule has 1 saturated heterocycles. The Bertz CT molecular complexity index is 357. The fourth-order valence-corrected chi connectivity index (χ4v) is 2.44. The van der Waals surface area contributed by atoms with E-state index in [1.165, 1.54) is 0 Å². The maximum absolute atomic E-state index is 12.2. The third kappa shape index (κ3) is 3.93. The van der Waals surface area contributed by atoms with Gasteiger partial charge in [-0.1, -0.05) is 0 Å². The molecular weight excluding hydrogens is 256 g/mol. The van der Waals surface area contributed by atoms with Crippen molar-refractivity contribution in [2.24, 2.45) is 0 Å². The van der Waals surface area contributed by atoms with Gasteiger partial charge in [0.2, 0.25) is 12.3 Å². The van der Waals surface area contributed by atoms with Gasteiger partial charge in [0.15, 0.2) is 0 Å². The van der Waals surface area contributed by atoms with Gasteiger partial charge in [0.1, 0.15) is 0 Å². The van der Waals surface area contributed by atoms with E-state index in [9.17, 15) is 9.59 Å². The molecular formula is C14H28N4O2. The first-order chi connectivity index (χ1) is 9.19. The van der Waals surface area contributed by atoms with Gasteiger partial charge in [-0.3, -0.25) is 14.5 Å².